The third-order valence-corrected chi connectivity index (χ3v) is 6.98. The normalized spacial score (nSPS) is 15.2. The fraction of sp³-hybridized carbons (Fsp3) is 0.250. The molecule has 1 saturated heterocycles. The van der Waals surface area contributed by atoms with Crippen LogP contribution >= 0.6 is 11.8 Å². The summed E-state index contributed by atoms with van der Waals surface area (Å²) in [5.74, 6) is 1.03. The maximum atomic E-state index is 13.6. The van der Waals surface area contributed by atoms with E-state index in [1.807, 2.05) is 66.7 Å². The molecule has 1 aliphatic heterocycles. The van der Waals surface area contributed by atoms with Gasteiger partial charge in [-0.25, -0.2) is 9.97 Å². The highest BCUT2D eigenvalue weighted by molar-refractivity contribution is 8.00. The van der Waals surface area contributed by atoms with Crippen molar-refractivity contribution in [2.24, 2.45) is 7.05 Å². The summed E-state index contributed by atoms with van der Waals surface area (Å²) in [5.41, 5.74) is 1.85. The molecule has 1 aliphatic rings. The number of aryl methyl sites for hydroxylation is 1. The van der Waals surface area contributed by atoms with Gasteiger partial charge in [0.15, 0.2) is 5.65 Å². The molecule has 0 bridgehead atoms. The Labute approximate surface area is 191 Å². The summed E-state index contributed by atoms with van der Waals surface area (Å²) in [7, 11) is 1.88. The Morgan fingerprint density at radius 1 is 0.938 bits per heavy atom. The highest BCUT2D eigenvalue weighted by Crippen LogP contribution is 2.37. The molecule has 7 nitrogen and oxygen atoms in total. The number of fused-ring (bicyclic) bond motifs is 1. The smallest absolute Gasteiger partial charge is 0.240 e. The zero-order valence-corrected chi connectivity index (χ0v) is 18.7. The molecule has 2 aromatic carbocycles. The van der Waals surface area contributed by atoms with Gasteiger partial charge in [0, 0.05) is 38.1 Å². The van der Waals surface area contributed by atoms with Crippen LogP contribution in [0, 0.1) is 0 Å². The number of thioether (sulfide) groups is 1. The van der Waals surface area contributed by atoms with Crippen molar-refractivity contribution in [3.63, 3.8) is 0 Å². The number of rotatable bonds is 5. The lowest BCUT2D eigenvalue weighted by Crippen LogP contribution is -2.50. The van der Waals surface area contributed by atoms with E-state index < -0.39 is 0 Å². The third kappa shape index (κ3) is 4.05. The van der Waals surface area contributed by atoms with Gasteiger partial charge < -0.3 is 9.80 Å². The molecule has 0 unspecified atom stereocenters. The largest absolute Gasteiger partial charge is 0.352 e. The number of hydrogen-bond acceptors (Lipinski definition) is 6. The Kier molecular flexibility index (Phi) is 5.77. The Hall–Kier alpha value is -3.39. The van der Waals surface area contributed by atoms with Crippen molar-refractivity contribution in [3.8, 4) is 0 Å². The second-order valence-corrected chi connectivity index (χ2v) is 8.92. The summed E-state index contributed by atoms with van der Waals surface area (Å²) < 4.78 is 1.76. The van der Waals surface area contributed by atoms with Gasteiger partial charge in [0.1, 0.15) is 17.4 Å². The number of benzene rings is 2. The standard InChI is InChI=1S/C24H24N6OS/c1-28-22-20(16-27-28)23(26-17-25-22)29-12-14-30(15-13-29)24(31)21(18-8-4-2-5-9-18)32-19-10-6-3-7-11-19/h2-11,16-17,21H,12-15H2,1H3/t21-/m1/s1. The van der Waals surface area contributed by atoms with Crippen molar-refractivity contribution >= 4 is 34.5 Å². The van der Waals surface area contributed by atoms with Crippen molar-refractivity contribution < 1.29 is 4.79 Å². The molecule has 4 aromatic rings. The molecule has 0 aliphatic carbocycles. The minimum Gasteiger partial charge on any atom is -0.352 e. The molecule has 0 N–H and O–H groups in total. The van der Waals surface area contributed by atoms with Gasteiger partial charge in [-0.1, -0.05) is 48.5 Å². The first-order chi connectivity index (χ1) is 15.7. The first kappa shape index (κ1) is 20.5. The van der Waals surface area contributed by atoms with Crippen LogP contribution in [0.15, 0.2) is 78.1 Å². The number of anilines is 1. The van der Waals surface area contributed by atoms with Gasteiger partial charge in [-0.3, -0.25) is 9.48 Å². The van der Waals surface area contributed by atoms with Gasteiger partial charge in [-0.15, -0.1) is 11.8 Å². The molecule has 1 fully saturated rings. The fourth-order valence-corrected chi connectivity index (χ4v) is 5.16. The molecule has 8 heteroatoms. The van der Waals surface area contributed by atoms with Gasteiger partial charge in [-0.05, 0) is 17.7 Å². The average molecular weight is 445 g/mol. The van der Waals surface area contributed by atoms with Gasteiger partial charge in [0.2, 0.25) is 5.91 Å². The lowest BCUT2D eigenvalue weighted by atomic mass is 10.1. The highest BCUT2D eigenvalue weighted by atomic mass is 32.2. The predicted molar refractivity (Wildman–Crippen MR) is 127 cm³/mol. The Balaban J connectivity index is 1.33. The van der Waals surface area contributed by atoms with E-state index in [1.165, 1.54) is 0 Å². The topological polar surface area (TPSA) is 67.2 Å². The monoisotopic (exact) mass is 444 g/mol. The van der Waals surface area contributed by atoms with E-state index in [4.69, 9.17) is 0 Å². The molecule has 162 valence electrons. The second-order valence-electron chi connectivity index (χ2n) is 7.74. The van der Waals surface area contributed by atoms with E-state index in [1.54, 1.807) is 22.8 Å². The Morgan fingerprint density at radius 2 is 1.62 bits per heavy atom. The first-order valence-corrected chi connectivity index (χ1v) is 11.5. The third-order valence-electron chi connectivity index (χ3n) is 5.72. The molecule has 1 amide bonds. The van der Waals surface area contributed by atoms with Gasteiger partial charge in [0.25, 0.3) is 0 Å². The molecular formula is C24H24N6OS. The predicted octanol–water partition coefficient (Wildman–Crippen LogP) is 3.55. The maximum absolute atomic E-state index is 13.6. The van der Waals surface area contributed by atoms with Crippen LogP contribution in [0.1, 0.15) is 10.8 Å². The number of hydrogen-bond donors (Lipinski definition) is 0. The van der Waals surface area contributed by atoms with Crippen LogP contribution < -0.4 is 4.90 Å². The first-order valence-electron chi connectivity index (χ1n) is 10.6. The molecule has 0 spiro atoms. The highest BCUT2D eigenvalue weighted by Gasteiger charge is 2.30. The van der Waals surface area contributed by atoms with E-state index in [0.717, 1.165) is 40.4 Å². The minimum absolute atomic E-state index is 0.152. The molecular weight excluding hydrogens is 420 g/mol. The van der Waals surface area contributed by atoms with Crippen molar-refractivity contribution in [2.75, 3.05) is 31.1 Å². The molecule has 0 saturated carbocycles. The van der Waals surface area contributed by atoms with Crippen molar-refractivity contribution in [1.29, 1.82) is 0 Å². The number of nitrogens with zero attached hydrogens (tertiary/aromatic N) is 6. The molecule has 2 aromatic heterocycles. The lowest BCUT2D eigenvalue weighted by Gasteiger charge is -2.37. The molecule has 3 heterocycles. The van der Waals surface area contributed by atoms with E-state index >= 15 is 0 Å². The zero-order valence-electron chi connectivity index (χ0n) is 17.8. The number of piperazine rings is 1. The Bertz CT molecular complexity index is 1210. The molecule has 1 atom stereocenters. The van der Waals surface area contributed by atoms with Crippen LogP contribution in [0.3, 0.4) is 0 Å². The van der Waals surface area contributed by atoms with E-state index in [-0.39, 0.29) is 11.2 Å². The number of carbonyl (C=O) groups is 1. The fourth-order valence-electron chi connectivity index (χ4n) is 4.03. The van der Waals surface area contributed by atoms with Crippen LogP contribution in [0.25, 0.3) is 11.0 Å². The van der Waals surface area contributed by atoms with E-state index in [9.17, 15) is 4.79 Å². The maximum Gasteiger partial charge on any atom is 0.240 e. The van der Waals surface area contributed by atoms with Crippen molar-refractivity contribution in [3.05, 3.63) is 78.8 Å². The van der Waals surface area contributed by atoms with Crippen LogP contribution in [0.4, 0.5) is 5.82 Å². The molecule has 5 rings (SSSR count). The number of aromatic nitrogens is 4. The van der Waals surface area contributed by atoms with E-state index in [0.29, 0.717) is 13.1 Å². The summed E-state index contributed by atoms with van der Waals surface area (Å²) in [6.45, 7) is 2.76. The molecule has 0 radical (unpaired) electrons. The summed E-state index contributed by atoms with van der Waals surface area (Å²) in [4.78, 5) is 27.7. The lowest BCUT2D eigenvalue weighted by molar-refractivity contribution is -0.131. The zero-order chi connectivity index (χ0) is 21.9. The van der Waals surface area contributed by atoms with Gasteiger partial charge in [-0.2, -0.15) is 5.10 Å². The van der Waals surface area contributed by atoms with Crippen LogP contribution in [0.2, 0.25) is 0 Å². The number of amides is 1. The summed E-state index contributed by atoms with van der Waals surface area (Å²) in [5, 5.41) is 4.98. The minimum atomic E-state index is -0.269. The summed E-state index contributed by atoms with van der Waals surface area (Å²) >= 11 is 1.61. The van der Waals surface area contributed by atoms with Gasteiger partial charge >= 0.3 is 0 Å². The van der Waals surface area contributed by atoms with Crippen LogP contribution in [-0.2, 0) is 11.8 Å². The van der Waals surface area contributed by atoms with Crippen molar-refractivity contribution in [1.82, 2.24) is 24.6 Å². The average Bonchev–Trinajstić information content (AvgIpc) is 3.24. The van der Waals surface area contributed by atoms with Crippen molar-refractivity contribution in [2.45, 2.75) is 10.1 Å². The summed E-state index contributed by atoms with van der Waals surface area (Å²) in [6.07, 6.45) is 3.39. The molecule has 32 heavy (non-hydrogen) atoms. The van der Waals surface area contributed by atoms with Crippen LogP contribution in [0.5, 0.6) is 0 Å². The second kappa shape index (κ2) is 9.00. The van der Waals surface area contributed by atoms with Crippen LogP contribution in [-0.4, -0.2) is 56.7 Å². The van der Waals surface area contributed by atoms with E-state index in [2.05, 4.69) is 32.1 Å². The SMILES string of the molecule is Cn1ncc2c(N3CCN(C(=O)[C@H](Sc4ccccc4)c4ccccc4)CC3)ncnc21. The number of carbonyl (C=O) groups excluding carboxylic acids is 1. The van der Waals surface area contributed by atoms with Gasteiger partial charge in [0.05, 0.1) is 11.6 Å². The Morgan fingerprint density at radius 3 is 2.34 bits per heavy atom. The summed E-state index contributed by atoms with van der Waals surface area (Å²) in [6, 6.07) is 20.2. The quantitative estimate of drug-likeness (QED) is 0.439.